The molecule has 0 N–H and O–H groups in total. The van der Waals surface area contributed by atoms with Crippen LogP contribution in [-0.2, 0) is 0 Å². The third-order valence-corrected chi connectivity index (χ3v) is 4.11. The van der Waals surface area contributed by atoms with Crippen molar-refractivity contribution in [2.45, 2.75) is 51.9 Å². The molecule has 0 aliphatic carbocycles. The average Bonchev–Trinajstić information content (AvgIpc) is 2.33. The summed E-state index contributed by atoms with van der Waals surface area (Å²) in [4.78, 5) is 2.58. The lowest BCUT2D eigenvalue weighted by Crippen LogP contribution is -2.41. The second kappa shape index (κ2) is 8.58. The first-order valence-corrected chi connectivity index (χ1v) is 7.77. The van der Waals surface area contributed by atoms with Gasteiger partial charge < -0.3 is 4.90 Å². The van der Waals surface area contributed by atoms with Gasteiger partial charge in [-0.3, -0.25) is 0 Å². The van der Waals surface area contributed by atoms with E-state index in [1.807, 2.05) is 0 Å². The minimum absolute atomic E-state index is 1.11. The predicted octanol–water partition coefficient (Wildman–Crippen LogP) is 4.06. The largest absolute Gasteiger partial charge is 0.303 e. The van der Waals surface area contributed by atoms with Crippen LogP contribution in [0.15, 0.2) is 0 Å². The number of alkyl halides is 1. The Labute approximate surface area is 104 Å². The molecule has 0 amide bonds. The highest BCUT2D eigenvalue weighted by Gasteiger charge is 2.24. The number of rotatable bonds is 4. The van der Waals surface area contributed by atoms with Crippen LogP contribution in [0.4, 0.5) is 0 Å². The molecule has 1 nitrogen and oxygen atoms in total. The number of hydrogen-bond donors (Lipinski definition) is 0. The lowest BCUT2D eigenvalue weighted by Gasteiger charge is -2.38. The van der Waals surface area contributed by atoms with Crippen LogP contribution >= 0.6 is 15.9 Å². The van der Waals surface area contributed by atoms with Crippen molar-refractivity contribution >= 4 is 15.9 Å². The molecule has 0 radical (unpaired) electrons. The molecule has 0 saturated carbocycles. The highest BCUT2D eigenvalue weighted by Crippen LogP contribution is 2.26. The van der Waals surface area contributed by atoms with Gasteiger partial charge in [0.1, 0.15) is 0 Å². The van der Waals surface area contributed by atoms with Crippen molar-refractivity contribution in [1.82, 2.24) is 4.90 Å². The molecule has 0 unspecified atom stereocenters. The fraction of sp³-hybridized carbons (Fsp3) is 1.00. The van der Waals surface area contributed by atoms with E-state index in [9.17, 15) is 0 Å². The minimum atomic E-state index is 1.11. The predicted molar refractivity (Wildman–Crippen MR) is 71.7 cm³/mol. The summed E-state index contributed by atoms with van der Waals surface area (Å²) < 4.78 is 0. The molecule has 0 aromatic rings. The number of nitrogens with zero attached hydrogens (tertiary/aromatic N) is 1. The molecule has 3 rings (SSSR count). The van der Waals surface area contributed by atoms with Crippen LogP contribution < -0.4 is 0 Å². The zero-order chi connectivity index (χ0) is 10.9. The van der Waals surface area contributed by atoms with Gasteiger partial charge in [-0.25, -0.2) is 0 Å². The Hall–Kier alpha value is 0.440. The smallest absolute Gasteiger partial charge is 0.00313 e. The van der Waals surface area contributed by atoms with Crippen molar-refractivity contribution < 1.29 is 0 Å². The van der Waals surface area contributed by atoms with Crippen LogP contribution in [0.25, 0.3) is 0 Å². The number of fused-ring (bicyclic) bond motifs is 3. The van der Waals surface area contributed by atoms with E-state index in [1.165, 1.54) is 69.9 Å². The fourth-order valence-electron chi connectivity index (χ4n) is 2.39. The topological polar surface area (TPSA) is 3.24 Å². The van der Waals surface area contributed by atoms with Crippen LogP contribution in [-0.4, -0.2) is 29.9 Å². The molecule has 3 saturated heterocycles. The monoisotopic (exact) mass is 275 g/mol. The van der Waals surface area contributed by atoms with Gasteiger partial charge in [0.25, 0.3) is 0 Å². The van der Waals surface area contributed by atoms with Crippen LogP contribution in [0.2, 0.25) is 0 Å². The summed E-state index contributed by atoms with van der Waals surface area (Å²) in [5.74, 6) is 1.11. The number of unbranched alkanes of at least 4 members (excludes halogenated alkanes) is 3. The first kappa shape index (κ1) is 13.5. The number of hydrogen-bond acceptors (Lipinski definition) is 1. The Balaban J connectivity index is 0.000000153. The summed E-state index contributed by atoms with van der Waals surface area (Å²) in [5.41, 5.74) is 0. The first-order chi connectivity index (χ1) is 7.36. The van der Waals surface area contributed by atoms with Crippen molar-refractivity contribution in [2.75, 3.05) is 25.0 Å². The second-order valence-electron chi connectivity index (χ2n) is 4.82. The highest BCUT2D eigenvalue weighted by atomic mass is 79.9. The Morgan fingerprint density at radius 2 is 1.60 bits per heavy atom. The average molecular weight is 276 g/mol. The van der Waals surface area contributed by atoms with Crippen molar-refractivity contribution in [3.05, 3.63) is 0 Å². The Morgan fingerprint density at radius 3 is 1.87 bits per heavy atom. The quantitative estimate of drug-likeness (QED) is 0.553. The van der Waals surface area contributed by atoms with E-state index in [0.717, 1.165) is 5.92 Å². The van der Waals surface area contributed by atoms with E-state index >= 15 is 0 Å². The Morgan fingerprint density at radius 1 is 1.00 bits per heavy atom. The van der Waals surface area contributed by atoms with Gasteiger partial charge in [-0.1, -0.05) is 42.1 Å². The molecule has 3 fully saturated rings. The molecule has 2 heteroatoms. The third-order valence-electron chi connectivity index (χ3n) is 3.55. The molecule has 3 aliphatic heterocycles. The van der Waals surface area contributed by atoms with Crippen LogP contribution in [0.3, 0.4) is 0 Å². The van der Waals surface area contributed by atoms with Gasteiger partial charge in [-0.05, 0) is 51.2 Å². The lowest BCUT2D eigenvalue weighted by atomic mass is 9.89. The van der Waals surface area contributed by atoms with Crippen molar-refractivity contribution in [2.24, 2.45) is 5.92 Å². The van der Waals surface area contributed by atoms with Gasteiger partial charge in [0.15, 0.2) is 0 Å². The molecular formula is C13H26BrN. The van der Waals surface area contributed by atoms with E-state index in [1.54, 1.807) is 0 Å². The molecule has 15 heavy (non-hydrogen) atoms. The van der Waals surface area contributed by atoms with Gasteiger partial charge in [0.2, 0.25) is 0 Å². The molecule has 0 aromatic carbocycles. The number of halogens is 1. The standard InChI is InChI=1S/C7H13N.C6H13Br/c1-4-8-5-2-7(1)3-6-8;1-2-3-4-5-6-7/h7H,1-6H2;2-6H2,1H3. The van der Waals surface area contributed by atoms with Crippen molar-refractivity contribution in [3.63, 3.8) is 0 Å². The zero-order valence-electron chi connectivity index (χ0n) is 10.2. The summed E-state index contributed by atoms with van der Waals surface area (Å²) in [6, 6.07) is 0. The van der Waals surface area contributed by atoms with E-state index in [2.05, 4.69) is 27.8 Å². The first-order valence-electron chi connectivity index (χ1n) is 6.65. The molecule has 0 spiro atoms. The SMILES string of the molecule is C1CN2CCC1CC2.CCCCCCBr. The summed E-state index contributed by atoms with van der Waals surface area (Å²) in [7, 11) is 0. The molecule has 0 atom stereocenters. The maximum Gasteiger partial charge on any atom is 0.00313 e. The maximum atomic E-state index is 3.38. The Bertz CT molecular complexity index is 114. The summed E-state index contributed by atoms with van der Waals surface area (Å²) in [5, 5.41) is 1.17. The van der Waals surface area contributed by atoms with Gasteiger partial charge in [-0.15, -0.1) is 0 Å². The summed E-state index contributed by atoms with van der Waals surface area (Å²) >= 11 is 3.38. The minimum Gasteiger partial charge on any atom is -0.303 e. The van der Waals surface area contributed by atoms with E-state index < -0.39 is 0 Å². The Kier molecular flexibility index (Phi) is 7.72. The molecular weight excluding hydrogens is 250 g/mol. The van der Waals surface area contributed by atoms with E-state index in [0.29, 0.717) is 0 Å². The van der Waals surface area contributed by atoms with Gasteiger partial charge in [0.05, 0.1) is 0 Å². The third kappa shape index (κ3) is 5.91. The van der Waals surface area contributed by atoms with Crippen molar-refractivity contribution in [1.29, 1.82) is 0 Å². The van der Waals surface area contributed by atoms with Gasteiger partial charge in [0, 0.05) is 5.33 Å². The van der Waals surface area contributed by atoms with Gasteiger partial charge >= 0.3 is 0 Å². The van der Waals surface area contributed by atoms with E-state index in [-0.39, 0.29) is 0 Å². The summed E-state index contributed by atoms with van der Waals surface area (Å²) in [6.45, 7) is 6.41. The molecule has 0 aromatic heterocycles. The van der Waals surface area contributed by atoms with Gasteiger partial charge in [-0.2, -0.15) is 0 Å². The molecule has 2 bridgehead atoms. The van der Waals surface area contributed by atoms with Crippen LogP contribution in [0.5, 0.6) is 0 Å². The highest BCUT2D eigenvalue weighted by molar-refractivity contribution is 9.09. The maximum absolute atomic E-state index is 3.38. The molecule has 3 aliphatic rings. The van der Waals surface area contributed by atoms with Crippen LogP contribution in [0, 0.1) is 5.92 Å². The van der Waals surface area contributed by atoms with E-state index in [4.69, 9.17) is 0 Å². The molecule has 90 valence electrons. The zero-order valence-corrected chi connectivity index (χ0v) is 11.8. The number of piperidine rings is 3. The van der Waals surface area contributed by atoms with Crippen molar-refractivity contribution in [3.8, 4) is 0 Å². The normalized spacial score (nSPS) is 28.4. The second-order valence-corrected chi connectivity index (χ2v) is 5.62. The fourth-order valence-corrected chi connectivity index (χ4v) is 2.78. The van der Waals surface area contributed by atoms with Crippen LogP contribution in [0.1, 0.15) is 51.9 Å². The lowest BCUT2D eigenvalue weighted by molar-refractivity contribution is 0.111. The molecule has 3 heterocycles. The summed E-state index contributed by atoms with van der Waals surface area (Å²) in [6.07, 6.45) is 9.92.